The van der Waals surface area contributed by atoms with Gasteiger partial charge < -0.3 is 14.8 Å². The average Bonchev–Trinajstić information content (AvgIpc) is 3.44. The first-order chi connectivity index (χ1) is 14.3. The Kier molecular flexibility index (Phi) is 4.87. The molecule has 3 nitrogen and oxygen atoms in total. The van der Waals surface area contributed by atoms with Crippen LogP contribution >= 0.6 is 22.7 Å². The van der Waals surface area contributed by atoms with E-state index in [2.05, 4.69) is 64.6 Å². The van der Waals surface area contributed by atoms with Gasteiger partial charge in [-0.3, -0.25) is 0 Å². The molecule has 0 aliphatic carbocycles. The molecular formula is C24H21NO2S2. The highest BCUT2D eigenvalue weighted by atomic mass is 32.1. The van der Waals surface area contributed by atoms with Crippen LogP contribution < -0.4 is 14.8 Å². The maximum Gasteiger partial charge on any atom is 0.127 e. The lowest BCUT2D eigenvalue weighted by Gasteiger charge is -2.20. The fourth-order valence-corrected chi connectivity index (χ4v) is 5.70. The fourth-order valence-electron chi connectivity index (χ4n) is 4.15. The Morgan fingerprint density at radius 2 is 1.17 bits per heavy atom. The molecule has 0 saturated heterocycles. The van der Waals surface area contributed by atoms with Gasteiger partial charge in [0.2, 0.25) is 0 Å². The third-order valence-corrected chi connectivity index (χ3v) is 7.22. The molecule has 0 unspecified atom stereocenters. The van der Waals surface area contributed by atoms with Gasteiger partial charge in [0, 0.05) is 34.0 Å². The number of rotatable bonds is 4. The third-order valence-electron chi connectivity index (χ3n) is 5.42. The second kappa shape index (κ2) is 7.67. The molecule has 29 heavy (non-hydrogen) atoms. The van der Waals surface area contributed by atoms with Crippen LogP contribution in [0.2, 0.25) is 0 Å². The first-order valence-electron chi connectivity index (χ1n) is 9.50. The predicted octanol–water partition coefficient (Wildman–Crippen LogP) is 6.43. The maximum absolute atomic E-state index is 5.85. The van der Waals surface area contributed by atoms with Crippen LogP contribution in [0.25, 0.3) is 32.0 Å². The minimum absolute atomic E-state index is 0.779. The normalized spacial score (nSPS) is 12.8. The molecular weight excluding hydrogens is 398 g/mol. The van der Waals surface area contributed by atoms with Crippen LogP contribution in [0.1, 0.15) is 11.1 Å². The summed E-state index contributed by atoms with van der Waals surface area (Å²) >= 11 is 3.53. The molecule has 0 radical (unpaired) electrons. The zero-order valence-corrected chi connectivity index (χ0v) is 18.0. The van der Waals surface area contributed by atoms with Gasteiger partial charge in [0.25, 0.3) is 0 Å². The number of hydrogen-bond donors (Lipinski definition) is 1. The van der Waals surface area contributed by atoms with Gasteiger partial charge in [0.05, 0.1) is 14.2 Å². The number of benzene rings is 2. The molecule has 1 N–H and O–H groups in total. The number of methoxy groups -OCH3 is 2. The molecule has 0 bridgehead atoms. The number of fused-ring (bicyclic) bond motifs is 3. The molecule has 1 aliphatic heterocycles. The van der Waals surface area contributed by atoms with Crippen molar-refractivity contribution in [3.8, 4) is 43.5 Å². The van der Waals surface area contributed by atoms with Gasteiger partial charge in [0.15, 0.2) is 0 Å². The lowest BCUT2D eigenvalue weighted by molar-refractivity contribution is 0.410. The number of hydrogen-bond acceptors (Lipinski definition) is 5. The minimum Gasteiger partial charge on any atom is -0.496 e. The second-order valence-electron chi connectivity index (χ2n) is 6.90. The third kappa shape index (κ3) is 3.06. The molecule has 2 aromatic heterocycles. The van der Waals surface area contributed by atoms with Gasteiger partial charge in [-0.1, -0.05) is 12.1 Å². The van der Waals surface area contributed by atoms with Crippen molar-refractivity contribution in [2.24, 2.45) is 0 Å². The molecule has 2 aromatic carbocycles. The van der Waals surface area contributed by atoms with E-state index in [1.807, 2.05) is 0 Å². The quantitative estimate of drug-likeness (QED) is 0.413. The Hall–Kier alpha value is -2.60. The number of nitrogens with one attached hydrogen (secondary N) is 1. The molecule has 0 spiro atoms. The Bertz CT molecular complexity index is 1060. The summed E-state index contributed by atoms with van der Waals surface area (Å²) in [6.07, 6.45) is 0. The number of thiophene rings is 2. The lowest BCUT2D eigenvalue weighted by Crippen LogP contribution is -2.12. The molecule has 1 aliphatic rings. The van der Waals surface area contributed by atoms with Crippen LogP contribution in [0, 0.1) is 0 Å². The van der Waals surface area contributed by atoms with Crippen LogP contribution in [0.5, 0.6) is 11.5 Å². The summed E-state index contributed by atoms with van der Waals surface area (Å²) in [4.78, 5) is 2.53. The van der Waals surface area contributed by atoms with Crippen LogP contribution in [0.3, 0.4) is 0 Å². The average molecular weight is 420 g/mol. The van der Waals surface area contributed by atoms with E-state index >= 15 is 0 Å². The lowest BCUT2D eigenvalue weighted by atomic mass is 9.89. The van der Waals surface area contributed by atoms with Crippen molar-refractivity contribution in [1.29, 1.82) is 0 Å². The Morgan fingerprint density at radius 1 is 0.690 bits per heavy atom. The Labute approximate surface area is 178 Å². The van der Waals surface area contributed by atoms with Crippen LogP contribution in [-0.2, 0) is 13.1 Å². The van der Waals surface area contributed by atoms with Gasteiger partial charge in [-0.2, -0.15) is 0 Å². The van der Waals surface area contributed by atoms with Crippen molar-refractivity contribution in [2.75, 3.05) is 14.2 Å². The maximum atomic E-state index is 5.85. The summed E-state index contributed by atoms with van der Waals surface area (Å²) in [6.45, 7) is 1.56. The van der Waals surface area contributed by atoms with E-state index in [4.69, 9.17) is 9.47 Å². The first-order valence-corrected chi connectivity index (χ1v) is 11.3. The van der Waals surface area contributed by atoms with E-state index in [0.29, 0.717) is 0 Å². The van der Waals surface area contributed by atoms with E-state index < -0.39 is 0 Å². The molecule has 0 fully saturated rings. The van der Waals surface area contributed by atoms with Crippen molar-refractivity contribution in [1.82, 2.24) is 5.32 Å². The van der Waals surface area contributed by atoms with Crippen molar-refractivity contribution in [3.05, 3.63) is 70.4 Å². The predicted molar refractivity (Wildman–Crippen MR) is 122 cm³/mol. The second-order valence-corrected chi connectivity index (χ2v) is 8.79. The van der Waals surface area contributed by atoms with Gasteiger partial charge in [0.1, 0.15) is 11.5 Å². The molecule has 0 saturated carbocycles. The van der Waals surface area contributed by atoms with Gasteiger partial charge in [-0.15, -0.1) is 22.7 Å². The molecule has 5 rings (SSSR count). The summed E-state index contributed by atoms with van der Waals surface area (Å²) in [6, 6.07) is 17.1. The van der Waals surface area contributed by atoms with E-state index in [-0.39, 0.29) is 0 Å². The summed E-state index contributed by atoms with van der Waals surface area (Å²) in [7, 11) is 3.49. The molecule has 5 heteroatoms. The van der Waals surface area contributed by atoms with E-state index in [1.165, 1.54) is 32.0 Å². The van der Waals surface area contributed by atoms with E-state index in [0.717, 1.165) is 35.7 Å². The highest BCUT2D eigenvalue weighted by molar-refractivity contribution is 7.13. The van der Waals surface area contributed by atoms with Crippen LogP contribution in [0.4, 0.5) is 0 Å². The zero-order chi connectivity index (χ0) is 19.8. The summed E-state index contributed by atoms with van der Waals surface area (Å²) < 4.78 is 11.7. The molecule has 4 aromatic rings. The number of ether oxygens (including phenoxy) is 2. The molecule has 0 amide bonds. The van der Waals surface area contributed by atoms with Crippen molar-refractivity contribution in [2.45, 2.75) is 13.1 Å². The zero-order valence-electron chi connectivity index (χ0n) is 16.3. The molecule has 0 atom stereocenters. The van der Waals surface area contributed by atoms with E-state index in [1.54, 1.807) is 36.9 Å². The highest BCUT2D eigenvalue weighted by Crippen LogP contribution is 2.48. The van der Waals surface area contributed by atoms with Gasteiger partial charge in [-0.05, 0) is 69.4 Å². The Balaban J connectivity index is 1.86. The monoisotopic (exact) mass is 419 g/mol. The summed E-state index contributed by atoms with van der Waals surface area (Å²) in [5, 5.41) is 7.91. The molecule has 146 valence electrons. The smallest absolute Gasteiger partial charge is 0.127 e. The van der Waals surface area contributed by atoms with Crippen molar-refractivity contribution >= 4 is 22.7 Å². The minimum atomic E-state index is 0.779. The SMILES string of the molecule is COc1ccc(-c2cccs2)c2c1-c1c(OC)ccc(-c3cccs3)c1CNC2. The summed E-state index contributed by atoms with van der Waals surface area (Å²) in [5.74, 6) is 1.76. The van der Waals surface area contributed by atoms with Crippen LogP contribution in [0.15, 0.2) is 59.3 Å². The molecule has 3 heterocycles. The van der Waals surface area contributed by atoms with Gasteiger partial charge >= 0.3 is 0 Å². The van der Waals surface area contributed by atoms with Gasteiger partial charge in [-0.25, -0.2) is 0 Å². The van der Waals surface area contributed by atoms with Crippen molar-refractivity contribution < 1.29 is 9.47 Å². The first kappa shape index (κ1) is 18.4. The van der Waals surface area contributed by atoms with Crippen molar-refractivity contribution in [3.63, 3.8) is 0 Å². The fraction of sp³-hybridized carbons (Fsp3) is 0.167. The summed E-state index contributed by atoms with van der Waals surface area (Å²) in [5.41, 5.74) is 7.28. The largest absolute Gasteiger partial charge is 0.496 e. The van der Waals surface area contributed by atoms with Crippen LogP contribution in [-0.4, -0.2) is 14.2 Å². The van der Waals surface area contributed by atoms with E-state index in [9.17, 15) is 0 Å². The standard InChI is InChI=1S/C24H21NO2S2/c1-26-19-9-7-15(21-5-3-11-28-21)17-13-25-14-18-16(22-6-4-12-29-22)8-10-20(27-2)24(18)23(17)19/h3-12,25H,13-14H2,1-2H3. The Morgan fingerprint density at radius 3 is 1.55 bits per heavy atom. The highest BCUT2D eigenvalue weighted by Gasteiger charge is 2.27. The topological polar surface area (TPSA) is 30.5 Å².